The summed E-state index contributed by atoms with van der Waals surface area (Å²) in [5, 5.41) is 14.2. The summed E-state index contributed by atoms with van der Waals surface area (Å²) in [5.41, 5.74) is 20.6. The zero-order chi connectivity index (χ0) is 44.5. The van der Waals surface area contributed by atoms with Crippen molar-refractivity contribution >= 4 is 62.3 Å². The van der Waals surface area contributed by atoms with Crippen LogP contribution in [-0.4, -0.2) is 5.11 Å². The molecule has 0 spiro atoms. The van der Waals surface area contributed by atoms with Crippen LogP contribution in [0.1, 0.15) is 84.2 Å². The van der Waals surface area contributed by atoms with Crippen molar-refractivity contribution in [2.24, 2.45) is 5.92 Å². The van der Waals surface area contributed by atoms with Gasteiger partial charge in [0.15, 0.2) is 0 Å². The normalized spacial score (nSPS) is 15.6. The summed E-state index contributed by atoms with van der Waals surface area (Å²) in [6.45, 7) is 26.3. The lowest BCUT2D eigenvalue weighted by Gasteiger charge is -2.38. The van der Waals surface area contributed by atoms with Crippen molar-refractivity contribution in [3.63, 3.8) is 0 Å². The first-order valence-corrected chi connectivity index (χ1v) is 22.3. The van der Waals surface area contributed by atoms with Gasteiger partial charge in [-0.2, -0.15) is 0 Å². The number of hydrogen-bond donors (Lipinski definition) is 1. The number of benzene rings is 7. The Bertz CT molecular complexity index is 3010. The second-order valence-corrected chi connectivity index (χ2v) is 18.4. The van der Waals surface area contributed by atoms with Gasteiger partial charge in [-0.15, -0.1) is 0 Å². The van der Waals surface area contributed by atoms with Crippen molar-refractivity contribution in [2.45, 2.75) is 81.1 Å². The highest BCUT2D eigenvalue weighted by Gasteiger charge is 2.32. The number of phenols is 1. The molecule has 1 unspecified atom stereocenters. The number of hydrogen-bond acceptors (Lipinski definition) is 4. The maximum atomic E-state index is 11.8. The van der Waals surface area contributed by atoms with Gasteiger partial charge in [0.1, 0.15) is 5.75 Å². The molecule has 0 radical (unpaired) electrons. The van der Waals surface area contributed by atoms with Gasteiger partial charge in [0.2, 0.25) is 0 Å². The monoisotopic (exact) mass is 825 g/mol. The van der Waals surface area contributed by atoms with E-state index < -0.39 is 0 Å². The van der Waals surface area contributed by atoms with E-state index in [1.165, 1.54) is 50.0 Å². The number of nitrogens with zero attached hydrogens (tertiary/aromatic N) is 3. The quantitative estimate of drug-likeness (QED) is 0.181. The van der Waals surface area contributed by atoms with E-state index in [4.69, 9.17) is 0 Å². The number of anilines is 8. The largest absolute Gasteiger partial charge is 0.507 e. The van der Waals surface area contributed by atoms with Crippen LogP contribution < -0.4 is 14.7 Å². The van der Waals surface area contributed by atoms with Crippen molar-refractivity contribution in [2.75, 3.05) is 14.7 Å². The van der Waals surface area contributed by atoms with E-state index in [9.17, 15) is 5.11 Å². The predicted octanol–water partition coefficient (Wildman–Crippen LogP) is 16.6. The van der Waals surface area contributed by atoms with E-state index in [1.807, 2.05) is 6.92 Å². The molecule has 316 valence electrons. The van der Waals surface area contributed by atoms with Gasteiger partial charge in [-0.1, -0.05) is 118 Å². The van der Waals surface area contributed by atoms with Gasteiger partial charge in [-0.05, 0) is 154 Å². The van der Waals surface area contributed by atoms with Crippen molar-refractivity contribution in [3.05, 3.63) is 201 Å². The van der Waals surface area contributed by atoms with Crippen LogP contribution in [0.5, 0.6) is 5.75 Å². The van der Waals surface area contributed by atoms with E-state index in [-0.39, 0.29) is 11.2 Å². The van der Waals surface area contributed by atoms with E-state index in [0.717, 1.165) is 74.0 Å². The maximum Gasteiger partial charge on any atom is 0.128 e. The summed E-state index contributed by atoms with van der Waals surface area (Å²) in [6, 6.07) is 45.3. The average molecular weight is 826 g/mol. The first kappa shape index (κ1) is 41.6. The van der Waals surface area contributed by atoms with Gasteiger partial charge in [0.25, 0.3) is 0 Å². The number of aryl methyl sites for hydroxylation is 2. The number of aromatic hydroxyl groups is 1. The minimum Gasteiger partial charge on any atom is -0.507 e. The van der Waals surface area contributed by atoms with Gasteiger partial charge in [-0.25, -0.2) is 0 Å². The Balaban J connectivity index is 1.40. The molecule has 1 N–H and O–H groups in total. The highest BCUT2D eigenvalue weighted by atomic mass is 16.3. The van der Waals surface area contributed by atoms with Gasteiger partial charge < -0.3 is 19.8 Å². The third-order valence-corrected chi connectivity index (χ3v) is 14.0. The molecule has 0 amide bonds. The fourth-order valence-electron chi connectivity index (χ4n) is 10.2. The number of allylic oxidation sites excluding steroid dienone is 4. The van der Waals surface area contributed by atoms with Crippen LogP contribution >= 0.6 is 0 Å². The summed E-state index contributed by atoms with van der Waals surface area (Å²) in [4.78, 5) is 7.41. The molecule has 7 aromatic carbocycles. The lowest BCUT2D eigenvalue weighted by molar-refractivity contribution is 0.469. The molecule has 1 aliphatic heterocycles. The molecule has 0 saturated carbocycles. The first-order chi connectivity index (χ1) is 30.2. The molecule has 4 nitrogen and oxygen atoms in total. The third-order valence-electron chi connectivity index (χ3n) is 14.0. The highest BCUT2D eigenvalue weighted by Crippen LogP contribution is 2.52. The Morgan fingerprint density at radius 2 is 1.32 bits per heavy atom. The Labute approximate surface area is 374 Å². The van der Waals surface area contributed by atoms with Crippen LogP contribution in [0.15, 0.2) is 151 Å². The van der Waals surface area contributed by atoms with E-state index in [2.05, 4.69) is 217 Å². The minimum absolute atomic E-state index is 0.264. The Morgan fingerprint density at radius 1 is 0.667 bits per heavy atom. The topological polar surface area (TPSA) is 30.0 Å². The van der Waals surface area contributed by atoms with Gasteiger partial charge in [-0.3, -0.25) is 0 Å². The molecule has 9 rings (SSSR count). The molecule has 4 heteroatoms. The molecule has 1 heterocycles. The maximum absolute atomic E-state index is 11.8. The van der Waals surface area contributed by atoms with Crippen LogP contribution in [-0.2, 0) is 5.41 Å². The highest BCUT2D eigenvalue weighted by molar-refractivity contribution is 6.04. The van der Waals surface area contributed by atoms with Crippen molar-refractivity contribution in [3.8, 4) is 5.75 Å². The van der Waals surface area contributed by atoms with E-state index in [0.29, 0.717) is 5.92 Å². The molecule has 2 aliphatic rings. The van der Waals surface area contributed by atoms with Crippen LogP contribution in [0, 0.1) is 47.5 Å². The van der Waals surface area contributed by atoms with E-state index in [1.54, 1.807) is 6.08 Å². The van der Waals surface area contributed by atoms with Crippen LogP contribution in [0.25, 0.3) is 16.8 Å². The van der Waals surface area contributed by atoms with Gasteiger partial charge >= 0.3 is 0 Å². The summed E-state index contributed by atoms with van der Waals surface area (Å²) < 4.78 is 0. The Morgan fingerprint density at radius 3 is 1.98 bits per heavy atom. The molecule has 1 aliphatic carbocycles. The summed E-state index contributed by atoms with van der Waals surface area (Å²) in [7, 11) is 0. The average Bonchev–Trinajstić information content (AvgIpc) is 3.28. The van der Waals surface area contributed by atoms with Gasteiger partial charge in [0, 0.05) is 56.3 Å². The first-order valence-electron chi connectivity index (χ1n) is 22.3. The number of fused-ring (bicyclic) bond motifs is 7. The third kappa shape index (κ3) is 6.84. The summed E-state index contributed by atoms with van der Waals surface area (Å²) >= 11 is 0. The SMILES string of the molecule is C=Cc1c(C)c(C)c(N2c3cccc(c3)C(C)(C)c3cccc(c3)N(c3cc4ccccc4c(N(C4=C(C)C=CCC4C)c4ccc(C)cc4)c3C)c3cc2ccc3C)c(C)c1O. The molecule has 63 heavy (non-hydrogen) atoms. The zero-order valence-electron chi connectivity index (χ0n) is 38.6. The minimum atomic E-state index is -0.347. The molecule has 0 saturated heterocycles. The molecular formula is C59H59N3O. The molecule has 6 bridgehead atoms. The van der Waals surface area contributed by atoms with Crippen molar-refractivity contribution < 1.29 is 5.11 Å². The lowest BCUT2D eigenvalue weighted by Crippen LogP contribution is -2.26. The smallest absolute Gasteiger partial charge is 0.128 e. The van der Waals surface area contributed by atoms with Crippen LogP contribution in [0.3, 0.4) is 0 Å². The molecular weight excluding hydrogens is 767 g/mol. The van der Waals surface area contributed by atoms with Crippen LogP contribution in [0.4, 0.5) is 45.5 Å². The lowest BCUT2D eigenvalue weighted by atomic mass is 9.77. The summed E-state index contributed by atoms with van der Waals surface area (Å²) in [5.74, 6) is 0.580. The molecule has 0 fully saturated rings. The summed E-state index contributed by atoms with van der Waals surface area (Å²) in [6.07, 6.45) is 7.37. The van der Waals surface area contributed by atoms with Gasteiger partial charge in [0.05, 0.1) is 22.7 Å². The predicted molar refractivity (Wildman–Crippen MR) is 270 cm³/mol. The fourth-order valence-corrected chi connectivity index (χ4v) is 10.2. The second-order valence-electron chi connectivity index (χ2n) is 18.4. The standard InChI is InChI=1S/C59H59N3O/c1-12-51-40(6)41(7)56(43(9)58(51)63)60-48-23-16-21-45(33-48)59(10,11)46-22-17-24-49(34-46)61(53-35-50(60)31-28-37(53)3)54-32-44-20-13-14-25-52(44)57(42(54)8)62(47-29-26-36(2)27-30-47)55-38(4)18-15-19-39(55)5/h12-18,20-35,39,63H,1,19H2,2-11H3. The molecule has 1 atom stereocenters. The van der Waals surface area contributed by atoms with E-state index >= 15 is 0 Å². The Kier molecular flexibility index (Phi) is 10.5. The van der Waals surface area contributed by atoms with Crippen molar-refractivity contribution in [1.29, 1.82) is 0 Å². The number of rotatable bonds is 6. The zero-order valence-corrected chi connectivity index (χ0v) is 38.6. The Hall–Kier alpha value is -6.78. The molecule has 0 aromatic heterocycles. The van der Waals surface area contributed by atoms with Crippen LogP contribution in [0.2, 0.25) is 0 Å². The van der Waals surface area contributed by atoms with Crippen molar-refractivity contribution in [1.82, 2.24) is 0 Å². The number of phenolic OH excluding ortho intramolecular Hbond substituents is 1. The fraction of sp³-hybridized carbons (Fsp3) is 0.220. The second kappa shape index (κ2) is 15.8. The molecule has 7 aromatic rings.